The summed E-state index contributed by atoms with van der Waals surface area (Å²) in [6, 6.07) is 16.2. The van der Waals surface area contributed by atoms with Gasteiger partial charge in [-0.05, 0) is 62.2 Å². The number of ether oxygens (including phenoxy) is 1. The molecular formula is C24H24N2O3S2. The topological polar surface area (TPSA) is 58.6 Å². The number of hydrogen-bond acceptors (Lipinski definition) is 5. The second-order valence-corrected chi connectivity index (χ2v) is 8.65. The number of thioether (sulfide) groups is 1. The fraction of sp³-hybridized carbons (Fsp3) is 0.208. The van der Waals surface area contributed by atoms with Crippen LogP contribution in [-0.4, -0.2) is 33.7 Å². The Morgan fingerprint density at radius 1 is 1.19 bits per heavy atom. The number of rotatable bonds is 7. The molecule has 1 unspecified atom stereocenters. The van der Waals surface area contributed by atoms with E-state index < -0.39 is 6.04 Å². The lowest BCUT2D eigenvalue weighted by Crippen LogP contribution is -2.44. The highest BCUT2D eigenvalue weighted by Crippen LogP contribution is 2.33. The van der Waals surface area contributed by atoms with Crippen LogP contribution < -0.4 is 10.1 Å². The Hall–Kier alpha value is -2.90. The zero-order chi connectivity index (χ0) is 22.4. The molecule has 2 amide bonds. The number of benzene rings is 2. The molecule has 31 heavy (non-hydrogen) atoms. The molecule has 0 aliphatic carbocycles. The highest BCUT2D eigenvalue weighted by atomic mass is 32.2. The molecule has 7 heteroatoms. The Morgan fingerprint density at radius 3 is 2.52 bits per heavy atom. The van der Waals surface area contributed by atoms with Gasteiger partial charge in [0, 0.05) is 5.69 Å². The summed E-state index contributed by atoms with van der Waals surface area (Å²) in [5.41, 5.74) is 2.61. The maximum Gasteiger partial charge on any atom is 0.266 e. The van der Waals surface area contributed by atoms with Crippen LogP contribution in [0, 0.1) is 0 Å². The van der Waals surface area contributed by atoms with E-state index in [0.717, 1.165) is 16.9 Å². The molecule has 1 atom stereocenters. The van der Waals surface area contributed by atoms with Crippen LogP contribution in [0.1, 0.15) is 26.3 Å². The third-order valence-corrected chi connectivity index (χ3v) is 5.91. The normalized spacial score (nSPS) is 16.5. The minimum Gasteiger partial charge on any atom is -0.494 e. The number of hydrogen-bond donors (Lipinski definition) is 1. The Labute approximate surface area is 192 Å². The molecule has 0 saturated carbocycles. The summed E-state index contributed by atoms with van der Waals surface area (Å²) in [6.07, 6.45) is 3.80. The maximum atomic E-state index is 12.9. The molecule has 0 spiro atoms. The molecule has 1 fully saturated rings. The Morgan fingerprint density at radius 2 is 1.87 bits per heavy atom. The summed E-state index contributed by atoms with van der Waals surface area (Å²) in [5, 5.41) is 2.83. The van der Waals surface area contributed by atoms with E-state index in [1.807, 2.05) is 56.3 Å². The van der Waals surface area contributed by atoms with Crippen LogP contribution in [0.4, 0.5) is 5.69 Å². The van der Waals surface area contributed by atoms with Gasteiger partial charge in [0.15, 0.2) is 0 Å². The number of anilines is 1. The molecule has 1 heterocycles. The van der Waals surface area contributed by atoms with Crippen molar-refractivity contribution in [3.8, 4) is 5.75 Å². The number of carbonyl (C=O) groups excluding carboxylic acids is 2. The predicted molar refractivity (Wildman–Crippen MR) is 131 cm³/mol. The third kappa shape index (κ3) is 5.83. The summed E-state index contributed by atoms with van der Waals surface area (Å²) in [4.78, 5) is 27.6. The van der Waals surface area contributed by atoms with Crippen LogP contribution in [0.25, 0.3) is 6.08 Å². The highest BCUT2D eigenvalue weighted by molar-refractivity contribution is 8.26. The van der Waals surface area contributed by atoms with Crippen LogP contribution in [0.2, 0.25) is 0 Å². The van der Waals surface area contributed by atoms with Gasteiger partial charge in [-0.2, -0.15) is 0 Å². The second kappa shape index (κ2) is 10.4. The van der Waals surface area contributed by atoms with Gasteiger partial charge in [0.1, 0.15) is 16.1 Å². The summed E-state index contributed by atoms with van der Waals surface area (Å²) in [5.74, 6) is 0.165. The lowest BCUT2D eigenvalue weighted by atomic mass is 10.1. The SMILES string of the molecule is CCOc1ccc(NC(=O)C(C)N2C(=O)/C(=C/C(C)=C/c3ccccc3)SC2=S)cc1. The summed E-state index contributed by atoms with van der Waals surface area (Å²) >= 11 is 6.61. The van der Waals surface area contributed by atoms with Crippen LogP contribution in [-0.2, 0) is 9.59 Å². The van der Waals surface area contributed by atoms with Gasteiger partial charge in [-0.3, -0.25) is 14.5 Å². The van der Waals surface area contributed by atoms with Crippen LogP contribution in [0.5, 0.6) is 5.75 Å². The van der Waals surface area contributed by atoms with E-state index in [1.54, 1.807) is 31.2 Å². The number of carbonyl (C=O) groups is 2. The molecule has 2 aromatic carbocycles. The molecule has 3 rings (SSSR count). The second-order valence-electron chi connectivity index (χ2n) is 6.97. The molecule has 0 aromatic heterocycles. The van der Waals surface area contributed by atoms with Crippen LogP contribution >= 0.6 is 24.0 Å². The average Bonchev–Trinajstić information content (AvgIpc) is 3.02. The molecule has 0 bridgehead atoms. The van der Waals surface area contributed by atoms with E-state index >= 15 is 0 Å². The van der Waals surface area contributed by atoms with E-state index in [-0.39, 0.29) is 11.8 Å². The van der Waals surface area contributed by atoms with Crippen molar-refractivity contribution in [1.29, 1.82) is 0 Å². The van der Waals surface area contributed by atoms with E-state index in [4.69, 9.17) is 17.0 Å². The molecule has 0 radical (unpaired) electrons. The van der Waals surface area contributed by atoms with Gasteiger partial charge in [0.05, 0.1) is 11.5 Å². The number of nitrogens with zero attached hydrogens (tertiary/aromatic N) is 1. The van der Waals surface area contributed by atoms with Gasteiger partial charge < -0.3 is 10.1 Å². The van der Waals surface area contributed by atoms with Crippen molar-refractivity contribution in [2.45, 2.75) is 26.8 Å². The summed E-state index contributed by atoms with van der Waals surface area (Å²) < 4.78 is 5.78. The molecule has 1 saturated heterocycles. The van der Waals surface area contributed by atoms with Crippen LogP contribution in [0.3, 0.4) is 0 Å². The minimum atomic E-state index is -0.733. The van der Waals surface area contributed by atoms with Crippen molar-refractivity contribution in [3.05, 3.63) is 76.7 Å². The fourth-order valence-corrected chi connectivity index (χ4v) is 4.51. The molecule has 1 aliphatic rings. The van der Waals surface area contributed by atoms with E-state index in [9.17, 15) is 9.59 Å². The first-order valence-corrected chi connectivity index (χ1v) is 11.2. The van der Waals surface area contributed by atoms with Gasteiger partial charge in [0.25, 0.3) is 5.91 Å². The van der Waals surface area contributed by atoms with E-state index in [1.165, 1.54) is 16.7 Å². The summed E-state index contributed by atoms with van der Waals surface area (Å²) in [6.45, 7) is 6.09. The number of nitrogens with one attached hydrogen (secondary N) is 1. The van der Waals surface area contributed by atoms with E-state index in [0.29, 0.717) is 21.5 Å². The number of amides is 2. The van der Waals surface area contributed by atoms with Crippen LogP contribution in [0.15, 0.2) is 71.2 Å². The van der Waals surface area contributed by atoms with Crippen molar-refractivity contribution in [2.24, 2.45) is 0 Å². The molecular weight excluding hydrogens is 428 g/mol. The van der Waals surface area contributed by atoms with Crippen molar-refractivity contribution in [1.82, 2.24) is 4.90 Å². The average molecular weight is 453 g/mol. The van der Waals surface area contributed by atoms with Crippen molar-refractivity contribution in [3.63, 3.8) is 0 Å². The molecule has 1 N–H and O–H groups in total. The van der Waals surface area contributed by atoms with E-state index in [2.05, 4.69) is 5.32 Å². The Kier molecular flexibility index (Phi) is 7.65. The maximum absolute atomic E-state index is 12.9. The minimum absolute atomic E-state index is 0.259. The smallest absolute Gasteiger partial charge is 0.266 e. The zero-order valence-corrected chi connectivity index (χ0v) is 19.3. The van der Waals surface area contributed by atoms with Crippen molar-refractivity contribution < 1.29 is 14.3 Å². The van der Waals surface area contributed by atoms with Gasteiger partial charge in [0.2, 0.25) is 5.91 Å². The predicted octanol–water partition coefficient (Wildman–Crippen LogP) is 5.26. The molecule has 160 valence electrons. The first-order valence-electron chi connectivity index (χ1n) is 9.93. The van der Waals surface area contributed by atoms with Gasteiger partial charge in [-0.25, -0.2) is 0 Å². The van der Waals surface area contributed by atoms with Gasteiger partial charge in [-0.15, -0.1) is 0 Å². The first kappa shape index (κ1) is 22.8. The number of allylic oxidation sites excluding steroid dienone is 2. The van der Waals surface area contributed by atoms with Gasteiger partial charge >= 0.3 is 0 Å². The summed E-state index contributed by atoms with van der Waals surface area (Å²) in [7, 11) is 0. The first-order chi connectivity index (χ1) is 14.9. The largest absolute Gasteiger partial charge is 0.494 e. The Balaban J connectivity index is 1.69. The standard InChI is InChI=1S/C24H24N2O3S2/c1-4-29-20-12-10-19(11-13-20)25-22(27)17(3)26-23(28)21(31-24(26)30)15-16(2)14-18-8-6-5-7-9-18/h5-15,17H,4H2,1-3H3,(H,25,27)/b16-14+,21-15-. The zero-order valence-electron chi connectivity index (χ0n) is 17.6. The third-order valence-electron chi connectivity index (χ3n) is 4.58. The van der Waals surface area contributed by atoms with Crippen molar-refractivity contribution in [2.75, 3.05) is 11.9 Å². The van der Waals surface area contributed by atoms with Gasteiger partial charge in [-0.1, -0.05) is 60.4 Å². The lowest BCUT2D eigenvalue weighted by Gasteiger charge is -2.22. The molecule has 1 aliphatic heterocycles. The molecule has 2 aromatic rings. The van der Waals surface area contributed by atoms with Crippen molar-refractivity contribution >= 4 is 51.9 Å². The monoisotopic (exact) mass is 452 g/mol. The quantitative estimate of drug-likeness (QED) is 0.459. The lowest BCUT2D eigenvalue weighted by molar-refractivity contribution is -0.129. The highest BCUT2D eigenvalue weighted by Gasteiger charge is 2.38. The molecule has 5 nitrogen and oxygen atoms in total. The number of thiocarbonyl (C=S) groups is 1. The Bertz CT molecular complexity index is 1030. The fourth-order valence-electron chi connectivity index (χ4n) is 3.04.